The van der Waals surface area contributed by atoms with Crippen molar-refractivity contribution >= 4 is 5.97 Å². The number of carbonyl (C=O) groups is 1. The lowest BCUT2D eigenvalue weighted by molar-refractivity contribution is -0.149. The molecule has 18 heavy (non-hydrogen) atoms. The van der Waals surface area contributed by atoms with Gasteiger partial charge in [-0.05, 0) is 56.2 Å². The van der Waals surface area contributed by atoms with Crippen molar-refractivity contribution in [1.82, 2.24) is 4.98 Å². The minimum absolute atomic E-state index is 0.384. The van der Waals surface area contributed by atoms with Gasteiger partial charge in [0.05, 0.1) is 5.41 Å². The number of aliphatic carboxylic acids is 1. The van der Waals surface area contributed by atoms with E-state index >= 15 is 0 Å². The molecular formula is C15H21NO2. The first-order valence-corrected chi connectivity index (χ1v) is 6.73. The lowest BCUT2D eigenvalue weighted by Gasteiger charge is -2.23. The number of aryl methyl sites for hydroxylation is 1. The molecule has 3 nitrogen and oxygen atoms in total. The van der Waals surface area contributed by atoms with Crippen LogP contribution in [-0.2, 0) is 4.79 Å². The average Bonchev–Trinajstić information content (AvgIpc) is 2.75. The molecule has 0 spiro atoms. The van der Waals surface area contributed by atoms with Crippen molar-refractivity contribution in [3.05, 3.63) is 29.6 Å². The molecule has 1 aromatic heterocycles. The summed E-state index contributed by atoms with van der Waals surface area (Å²) < 4.78 is 0. The molecule has 1 aliphatic carbocycles. The van der Waals surface area contributed by atoms with Crippen LogP contribution in [0, 0.1) is 12.3 Å². The van der Waals surface area contributed by atoms with E-state index in [0.717, 1.165) is 37.8 Å². The lowest BCUT2D eigenvalue weighted by atomic mass is 9.80. The van der Waals surface area contributed by atoms with Gasteiger partial charge in [0.2, 0.25) is 0 Å². The molecule has 1 fully saturated rings. The molecule has 2 rings (SSSR count). The van der Waals surface area contributed by atoms with Crippen LogP contribution in [0.4, 0.5) is 0 Å². The Morgan fingerprint density at radius 3 is 3.00 bits per heavy atom. The lowest BCUT2D eigenvalue weighted by Crippen LogP contribution is -2.27. The summed E-state index contributed by atoms with van der Waals surface area (Å²) in [5, 5.41) is 9.50. The second kappa shape index (κ2) is 5.09. The number of carboxylic acid groups (broad SMARTS) is 1. The van der Waals surface area contributed by atoms with Crippen molar-refractivity contribution < 1.29 is 9.90 Å². The molecule has 98 valence electrons. The maximum atomic E-state index is 11.5. The van der Waals surface area contributed by atoms with Crippen molar-refractivity contribution in [3.63, 3.8) is 0 Å². The first-order valence-electron chi connectivity index (χ1n) is 6.73. The molecule has 1 saturated carbocycles. The first-order chi connectivity index (χ1) is 8.57. The monoisotopic (exact) mass is 247 g/mol. The Hall–Kier alpha value is -1.38. The maximum Gasteiger partial charge on any atom is 0.309 e. The van der Waals surface area contributed by atoms with Gasteiger partial charge in [0, 0.05) is 11.9 Å². The van der Waals surface area contributed by atoms with E-state index in [1.54, 1.807) is 0 Å². The van der Waals surface area contributed by atoms with Crippen molar-refractivity contribution in [3.8, 4) is 0 Å². The summed E-state index contributed by atoms with van der Waals surface area (Å²) in [6.45, 7) is 4.05. The van der Waals surface area contributed by atoms with Gasteiger partial charge in [-0.1, -0.05) is 13.3 Å². The highest BCUT2D eigenvalue weighted by Crippen LogP contribution is 2.49. The number of nitrogens with zero attached hydrogens (tertiary/aromatic N) is 1. The Morgan fingerprint density at radius 2 is 2.39 bits per heavy atom. The van der Waals surface area contributed by atoms with Gasteiger partial charge in [0.15, 0.2) is 0 Å². The highest BCUT2D eigenvalue weighted by molar-refractivity contribution is 5.75. The van der Waals surface area contributed by atoms with E-state index in [2.05, 4.69) is 18.0 Å². The van der Waals surface area contributed by atoms with Gasteiger partial charge < -0.3 is 5.11 Å². The quantitative estimate of drug-likeness (QED) is 0.885. The van der Waals surface area contributed by atoms with Crippen LogP contribution in [0.3, 0.4) is 0 Å². The first kappa shape index (κ1) is 13.1. The molecule has 0 saturated heterocycles. The Bertz CT molecular complexity index is 444. The molecule has 1 aromatic rings. The molecular weight excluding hydrogens is 226 g/mol. The molecule has 1 aliphatic rings. The van der Waals surface area contributed by atoms with E-state index in [0.29, 0.717) is 5.92 Å². The average molecular weight is 247 g/mol. The standard InChI is InChI=1S/C15H21NO2/c1-3-6-15(14(17)18)7-4-13(10-15)12-5-8-16-11(2)9-12/h5,8-9,13H,3-4,6-7,10H2,1-2H3,(H,17,18). The fourth-order valence-electron chi connectivity index (χ4n) is 3.24. The van der Waals surface area contributed by atoms with Crippen molar-refractivity contribution in [1.29, 1.82) is 0 Å². The Labute approximate surface area is 108 Å². The molecule has 2 atom stereocenters. The molecule has 0 radical (unpaired) electrons. The van der Waals surface area contributed by atoms with Gasteiger partial charge in [-0.3, -0.25) is 9.78 Å². The third-order valence-corrected chi connectivity index (χ3v) is 4.18. The second-order valence-corrected chi connectivity index (χ2v) is 5.51. The van der Waals surface area contributed by atoms with Crippen molar-refractivity contribution in [2.24, 2.45) is 5.41 Å². The van der Waals surface area contributed by atoms with E-state index in [1.807, 2.05) is 19.2 Å². The summed E-state index contributed by atoms with van der Waals surface area (Å²) in [5.74, 6) is -0.230. The van der Waals surface area contributed by atoms with E-state index in [1.165, 1.54) is 5.56 Å². The summed E-state index contributed by atoms with van der Waals surface area (Å²) in [7, 11) is 0. The van der Waals surface area contributed by atoms with Gasteiger partial charge in [-0.15, -0.1) is 0 Å². The molecule has 0 amide bonds. The summed E-state index contributed by atoms with van der Waals surface area (Å²) >= 11 is 0. The highest BCUT2D eigenvalue weighted by Gasteiger charge is 2.44. The van der Waals surface area contributed by atoms with Crippen LogP contribution in [-0.4, -0.2) is 16.1 Å². The van der Waals surface area contributed by atoms with E-state index < -0.39 is 11.4 Å². The normalized spacial score (nSPS) is 27.3. The summed E-state index contributed by atoms with van der Waals surface area (Å²) in [6, 6.07) is 4.12. The van der Waals surface area contributed by atoms with Crippen LogP contribution in [0.1, 0.15) is 56.2 Å². The molecule has 2 unspecified atom stereocenters. The SMILES string of the molecule is CCCC1(C(=O)O)CCC(c2ccnc(C)c2)C1. The predicted molar refractivity (Wildman–Crippen MR) is 70.5 cm³/mol. The molecule has 1 heterocycles. The molecule has 0 aliphatic heterocycles. The Balaban J connectivity index is 2.18. The van der Waals surface area contributed by atoms with Crippen LogP contribution in [0.15, 0.2) is 18.3 Å². The Kier molecular flexibility index (Phi) is 3.69. The number of hydrogen-bond donors (Lipinski definition) is 1. The summed E-state index contributed by atoms with van der Waals surface area (Å²) in [6.07, 6.45) is 6.13. The zero-order valence-corrected chi connectivity index (χ0v) is 11.1. The third kappa shape index (κ3) is 2.40. The third-order valence-electron chi connectivity index (χ3n) is 4.18. The van der Waals surface area contributed by atoms with Crippen LogP contribution in [0.25, 0.3) is 0 Å². The fraction of sp³-hybridized carbons (Fsp3) is 0.600. The molecule has 0 bridgehead atoms. The number of aromatic nitrogens is 1. The summed E-state index contributed by atoms with van der Waals surface area (Å²) in [5.41, 5.74) is 1.77. The van der Waals surface area contributed by atoms with Crippen molar-refractivity contribution in [2.45, 2.75) is 51.9 Å². The molecule has 1 N–H and O–H groups in total. The van der Waals surface area contributed by atoms with Gasteiger partial charge in [0.25, 0.3) is 0 Å². The molecule has 0 aromatic carbocycles. The Morgan fingerprint density at radius 1 is 1.61 bits per heavy atom. The fourth-order valence-corrected chi connectivity index (χ4v) is 3.24. The van der Waals surface area contributed by atoms with Gasteiger partial charge in [0.1, 0.15) is 0 Å². The number of pyridine rings is 1. The maximum absolute atomic E-state index is 11.5. The zero-order chi connectivity index (χ0) is 13.2. The van der Waals surface area contributed by atoms with Gasteiger partial charge >= 0.3 is 5.97 Å². The van der Waals surface area contributed by atoms with Crippen LogP contribution in [0.2, 0.25) is 0 Å². The zero-order valence-electron chi connectivity index (χ0n) is 11.1. The highest BCUT2D eigenvalue weighted by atomic mass is 16.4. The van der Waals surface area contributed by atoms with E-state index in [-0.39, 0.29) is 0 Å². The van der Waals surface area contributed by atoms with Crippen LogP contribution in [0.5, 0.6) is 0 Å². The molecule has 3 heteroatoms. The largest absolute Gasteiger partial charge is 0.481 e. The van der Waals surface area contributed by atoms with Gasteiger partial charge in [-0.25, -0.2) is 0 Å². The minimum atomic E-state index is -0.613. The topological polar surface area (TPSA) is 50.2 Å². The van der Waals surface area contributed by atoms with E-state index in [4.69, 9.17) is 0 Å². The van der Waals surface area contributed by atoms with Gasteiger partial charge in [-0.2, -0.15) is 0 Å². The van der Waals surface area contributed by atoms with Crippen LogP contribution < -0.4 is 0 Å². The van der Waals surface area contributed by atoms with Crippen molar-refractivity contribution in [2.75, 3.05) is 0 Å². The smallest absolute Gasteiger partial charge is 0.309 e. The number of carboxylic acids is 1. The minimum Gasteiger partial charge on any atom is -0.481 e. The van der Waals surface area contributed by atoms with E-state index in [9.17, 15) is 9.90 Å². The number of rotatable bonds is 4. The van der Waals surface area contributed by atoms with Crippen LogP contribution >= 0.6 is 0 Å². The predicted octanol–water partition coefficient (Wildman–Crippen LogP) is 3.53. The number of hydrogen-bond acceptors (Lipinski definition) is 2. The second-order valence-electron chi connectivity index (χ2n) is 5.51. The summed E-state index contributed by atoms with van der Waals surface area (Å²) in [4.78, 5) is 15.7.